The maximum Gasteiger partial charge on any atom is -0.00177 e. The van der Waals surface area contributed by atoms with Gasteiger partial charge in [0.25, 0.3) is 0 Å². The molecule has 1 N–H and O–H groups in total. The van der Waals surface area contributed by atoms with Gasteiger partial charge in [0.05, 0.1) is 0 Å². The fraction of sp³-hybridized carbons (Fsp3) is 0.750. The van der Waals surface area contributed by atoms with E-state index >= 15 is 0 Å². The highest BCUT2D eigenvalue weighted by molar-refractivity contribution is 5.01. The topological polar surface area (TPSA) is 12.0 Å². The zero-order valence-corrected chi connectivity index (χ0v) is 6.22. The van der Waals surface area contributed by atoms with E-state index in [0.717, 1.165) is 11.8 Å². The fourth-order valence-corrected chi connectivity index (χ4v) is 1.25. The summed E-state index contributed by atoms with van der Waals surface area (Å²) in [5.41, 5.74) is 0. The van der Waals surface area contributed by atoms with Crippen LogP contribution in [-0.4, -0.2) is 13.6 Å². The van der Waals surface area contributed by atoms with Crippen molar-refractivity contribution < 1.29 is 0 Å². The van der Waals surface area contributed by atoms with Crippen LogP contribution in [0.4, 0.5) is 0 Å². The highest BCUT2D eigenvalue weighted by Crippen LogP contribution is 2.38. The van der Waals surface area contributed by atoms with Gasteiger partial charge in [0, 0.05) is 0 Å². The Morgan fingerprint density at radius 1 is 1.67 bits per heavy atom. The Hall–Kier alpha value is -0.300. The van der Waals surface area contributed by atoms with E-state index in [9.17, 15) is 0 Å². The van der Waals surface area contributed by atoms with Gasteiger partial charge >= 0.3 is 0 Å². The minimum Gasteiger partial charge on any atom is -0.319 e. The molecule has 0 radical (unpaired) electrons. The lowest BCUT2D eigenvalue weighted by Crippen LogP contribution is -2.09. The van der Waals surface area contributed by atoms with Crippen molar-refractivity contribution in [1.82, 2.24) is 5.32 Å². The second-order valence-corrected chi connectivity index (χ2v) is 2.74. The van der Waals surface area contributed by atoms with Crippen LogP contribution in [0.2, 0.25) is 0 Å². The molecule has 1 rings (SSSR count). The smallest absolute Gasteiger partial charge is 0.00177 e. The molecule has 0 aliphatic heterocycles. The zero-order chi connectivity index (χ0) is 6.69. The van der Waals surface area contributed by atoms with Gasteiger partial charge in [-0.3, -0.25) is 0 Å². The van der Waals surface area contributed by atoms with E-state index in [0.29, 0.717) is 0 Å². The monoisotopic (exact) mass is 125 g/mol. The zero-order valence-electron chi connectivity index (χ0n) is 6.22. The molecular formula is C8H15N. The molecular weight excluding hydrogens is 110 g/mol. The summed E-state index contributed by atoms with van der Waals surface area (Å²) in [7, 11) is 2.02. The predicted octanol–water partition coefficient (Wildman–Crippen LogP) is 1.42. The standard InChI is InChI=1S/C8H15N/c1-3-4-7-5-8(7)6-9-2/h3-4,7-9H,5-6H2,1-2H3/b4-3-/t7-,8?/m1/s1. The molecule has 1 heteroatoms. The molecule has 0 aromatic rings. The number of rotatable bonds is 3. The molecule has 0 heterocycles. The molecule has 52 valence electrons. The van der Waals surface area contributed by atoms with Crippen molar-refractivity contribution >= 4 is 0 Å². The molecule has 1 saturated carbocycles. The Morgan fingerprint density at radius 3 is 3.00 bits per heavy atom. The first-order valence-electron chi connectivity index (χ1n) is 3.66. The van der Waals surface area contributed by atoms with Crippen molar-refractivity contribution in [3.8, 4) is 0 Å². The molecule has 0 spiro atoms. The lowest BCUT2D eigenvalue weighted by atomic mass is 10.3. The van der Waals surface area contributed by atoms with Gasteiger partial charge in [-0.1, -0.05) is 12.2 Å². The normalized spacial score (nSPS) is 33.6. The van der Waals surface area contributed by atoms with Crippen molar-refractivity contribution in [2.75, 3.05) is 13.6 Å². The molecule has 1 aliphatic rings. The van der Waals surface area contributed by atoms with Crippen LogP contribution in [0, 0.1) is 11.8 Å². The van der Waals surface area contributed by atoms with E-state index in [2.05, 4.69) is 24.4 Å². The molecule has 9 heavy (non-hydrogen) atoms. The average molecular weight is 125 g/mol. The van der Waals surface area contributed by atoms with Crippen molar-refractivity contribution in [3.63, 3.8) is 0 Å². The molecule has 0 aromatic heterocycles. The second kappa shape index (κ2) is 3.02. The van der Waals surface area contributed by atoms with Gasteiger partial charge < -0.3 is 5.32 Å². The molecule has 1 unspecified atom stereocenters. The number of hydrogen-bond acceptors (Lipinski definition) is 1. The molecule has 0 saturated heterocycles. The Bertz CT molecular complexity index is 107. The minimum atomic E-state index is 0.891. The van der Waals surface area contributed by atoms with Gasteiger partial charge in [-0.15, -0.1) is 0 Å². The number of hydrogen-bond donors (Lipinski definition) is 1. The summed E-state index contributed by atoms with van der Waals surface area (Å²) in [5.74, 6) is 1.83. The van der Waals surface area contributed by atoms with E-state index in [-0.39, 0.29) is 0 Å². The van der Waals surface area contributed by atoms with Crippen molar-refractivity contribution in [2.24, 2.45) is 11.8 Å². The molecule has 2 atom stereocenters. The highest BCUT2D eigenvalue weighted by atomic mass is 14.8. The van der Waals surface area contributed by atoms with Crippen LogP contribution < -0.4 is 5.32 Å². The Labute approximate surface area is 57.1 Å². The average Bonchev–Trinajstić information content (AvgIpc) is 2.50. The van der Waals surface area contributed by atoms with Gasteiger partial charge in [-0.05, 0) is 38.8 Å². The first-order valence-corrected chi connectivity index (χ1v) is 3.66. The van der Waals surface area contributed by atoms with E-state index in [4.69, 9.17) is 0 Å². The van der Waals surface area contributed by atoms with Crippen LogP contribution in [0.1, 0.15) is 13.3 Å². The van der Waals surface area contributed by atoms with Gasteiger partial charge in [-0.2, -0.15) is 0 Å². The van der Waals surface area contributed by atoms with E-state index in [1.165, 1.54) is 13.0 Å². The van der Waals surface area contributed by atoms with Crippen LogP contribution in [-0.2, 0) is 0 Å². The molecule has 1 aliphatic carbocycles. The van der Waals surface area contributed by atoms with Gasteiger partial charge in [0.1, 0.15) is 0 Å². The van der Waals surface area contributed by atoms with Crippen LogP contribution in [0.25, 0.3) is 0 Å². The third kappa shape index (κ3) is 1.83. The first-order chi connectivity index (χ1) is 4.38. The Balaban J connectivity index is 2.09. The maximum atomic E-state index is 3.18. The first kappa shape index (κ1) is 6.81. The molecule has 1 nitrogen and oxygen atoms in total. The lowest BCUT2D eigenvalue weighted by molar-refractivity contribution is 0.691. The molecule has 0 bridgehead atoms. The molecule has 0 aromatic carbocycles. The minimum absolute atomic E-state index is 0.891. The predicted molar refractivity (Wildman–Crippen MR) is 40.3 cm³/mol. The SMILES string of the molecule is C/C=C\[C@@H]1CC1CNC. The third-order valence-corrected chi connectivity index (χ3v) is 1.88. The van der Waals surface area contributed by atoms with E-state index < -0.39 is 0 Å². The van der Waals surface area contributed by atoms with Crippen molar-refractivity contribution in [3.05, 3.63) is 12.2 Å². The second-order valence-electron chi connectivity index (χ2n) is 2.74. The van der Waals surface area contributed by atoms with Crippen LogP contribution in [0.3, 0.4) is 0 Å². The van der Waals surface area contributed by atoms with Gasteiger partial charge in [-0.25, -0.2) is 0 Å². The summed E-state index contributed by atoms with van der Waals surface area (Å²) >= 11 is 0. The molecule has 1 fully saturated rings. The van der Waals surface area contributed by atoms with E-state index in [1.54, 1.807) is 0 Å². The number of nitrogens with one attached hydrogen (secondary N) is 1. The van der Waals surface area contributed by atoms with Gasteiger partial charge in [0.15, 0.2) is 0 Å². The maximum absolute atomic E-state index is 3.18. The Kier molecular flexibility index (Phi) is 2.29. The van der Waals surface area contributed by atoms with Crippen LogP contribution in [0.5, 0.6) is 0 Å². The van der Waals surface area contributed by atoms with Gasteiger partial charge in [0.2, 0.25) is 0 Å². The highest BCUT2D eigenvalue weighted by Gasteiger charge is 2.33. The quantitative estimate of drug-likeness (QED) is 0.562. The summed E-state index contributed by atoms with van der Waals surface area (Å²) in [4.78, 5) is 0. The summed E-state index contributed by atoms with van der Waals surface area (Å²) in [6.07, 6.45) is 5.85. The fourth-order valence-electron chi connectivity index (χ4n) is 1.25. The summed E-state index contributed by atoms with van der Waals surface area (Å²) in [5, 5.41) is 3.18. The number of allylic oxidation sites excluding steroid dienone is 2. The van der Waals surface area contributed by atoms with E-state index in [1.807, 2.05) is 7.05 Å². The summed E-state index contributed by atoms with van der Waals surface area (Å²) < 4.78 is 0. The van der Waals surface area contributed by atoms with Crippen LogP contribution in [0.15, 0.2) is 12.2 Å². The van der Waals surface area contributed by atoms with Crippen molar-refractivity contribution in [2.45, 2.75) is 13.3 Å². The van der Waals surface area contributed by atoms with Crippen LogP contribution >= 0.6 is 0 Å². The Morgan fingerprint density at radius 2 is 2.44 bits per heavy atom. The molecule has 0 amide bonds. The summed E-state index contributed by atoms with van der Waals surface area (Å²) in [6.45, 7) is 3.28. The van der Waals surface area contributed by atoms with Crippen molar-refractivity contribution in [1.29, 1.82) is 0 Å². The lowest BCUT2D eigenvalue weighted by Gasteiger charge is -1.91. The third-order valence-electron chi connectivity index (χ3n) is 1.88. The summed E-state index contributed by atoms with van der Waals surface area (Å²) in [6, 6.07) is 0. The largest absolute Gasteiger partial charge is 0.319 e.